The van der Waals surface area contributed by atoms with Crippen LogP contribution in [0, 0.1) is 5.92 Å². The quantitative estimate of drug-likeness (QED) is 0.229. The molecule has 0 unspecified atom stereocenters. The Morgan fingerprint density at radius 3 is 2.11 bits per heavy atom. The lowest BCUT2D eigenvalue weighted by Gasteiger charge is -2.40. The number of aromatic nitrogens is 1. The number of pyridine rings is 1. The maximum absolute atomic E-state index is 12.9. The molecule has 37 heavy (non-hydrogen) atoms. The minimum absolute atomic E-state index is 0.132. The van der Waals surface area contributed by atoms with Crippen LogP contribution in [-0.2, 0) is 0 Å². The highest BCUT2D eigenvalue weighted by atomic mass is 19.3. The summed E-state index contributed by atoms with van der Waals surface area (Å²) < 4.78 is 31.4. The van der Waals surface area contributed by atoms with Gasteiger partial charge in [-0.3, -0.25) is 4.90 Å². The van der Waals surface area contributed by atoms with Crippen LogP contribution in [0.15, 0.2) is 12.1 Å². The number of carboxylic acid groups (broad SMARTS) is 1. The second-order valence-electron chi connectivity index (χ2n) is 11.2. The van der Waals surface area contributed by atoms with Gasteiger partial charge in [0.25, 0.3) is 5.92 Å². The zero-order valence-electron chi connectivity index (χ0n) is 23.6. The van der Waals surface area contributed by atoms with Crippen molar-refractivity contribution in [3.05, 3.63) is 17.8 Å². The largest absolute Gasteiger partial charge is 0.477 e. The lowest BCUT2D eigenvalue weighted by atomic mass is 10.1. The molecular formula is C29H49F2N3O3. The van der Waals surface area contributed by atoms with Gasteiger partial charge in [0, 0.05) is 12.1 Å². The number of hydrogen-bond acceptors (Lipinski definition) is 5. The lowest BCUT2D eigenvalue weighted by molar-refractivity contribution is -0.0265. The maximum atomic E-state index is 12.9. The number of aromatic carboxylic acids is 1. The Morgan fingerprint density at radius 1 is 1.05 bits per heavy atom. The first-order valence-electron chi connectivity index (χ1n) is 14.3. The molecule has 2 aliphatic rings. The van der Waals surface area contributed by atoms with Gasteiger partial charge in [0.1, 0.15) is 5.69 Å². The monoisotopic (exact) mass is 525 g/mol. The zero-order chi connectivity index (χ0) is 27.4. The summed E-state index contributed by atoms with van der Waals surface area (Å²) in [6, 6.07) is 4.17. The van der Waals surface area contributed by atoms with Crippen molar-refractivity contribution >= 4 is 11.7 Å². The lowest BCUT2D eigenvalue weighted by Crippen LogP contribution is -2.56. The number of halogens is 2. The fourth-order valence-corrected chi connectivity index (χ4v) is 4.60. The fraction of sp³-hybridized carbons (Fsp3) is 0.793. The van der Waals surface area contributed by atoms with Crippen LogP contribution < -0.4 is 9.64 Å². The van der Waals surface area contributed by atoms with E-state index in [1.165, 1.54) is 74.9 Å². The highest BCUT2D eigenvalue weighted by Crippen LogP contribution is 2.37. The molecule has 0 aromatic carbocycles. The summed E-state index contributed by atoms with van der Waals surface area (Å²) in [5, 5.41) is 8.93. The van der Waals surface area contributed by atoms with Crippen LogP contribution >= 0.6 is 0 Å². The summed E-state index contributed by atoms with van der Waals surface area (Å²) in [4.78, 5) is 18.9. The highest BCUT2D eigenvalue weighted by Gasteiger charge is 2.45. The highest BCUT2D eigenvalue weighted by molar-refractivity contribution is 5.86. The number of anilines is 1. The number of alkyl halides is 2. The van der Waals surface area contributed by atoms with Gasteiger partial charge in [0.15, 0.2) is 5.69 Å². The Balaban J connectivity index is 0.000000265. The first kappa shape index (κ1) is 31.3. The zero-order valence-corrected chi connectivity index (χ0v) is 23.6. The maximum Gasteiger partial charge on any atom is 0.354 e. The van der Waals surface area contributed by atoms with Crippen LogP contribution in [0.1, 0.15) is 109 Å². The smallest absolute Gasteiger partial charge is 0.354 e. The molecule has 0 radical (unpaired) electrons. The van der Waals surface area contributed by atoms with Crippen molar-refractivity contribution in [2.75, 3.05) is 31.1 Å². The third-order valence-corrected chi connectivity index (χ3v) is 6.99. The number of nitrogens with zero attached hydrogens (tertiary/aromatic N) is 3. The van der Waals surface area contributed by atoms with Crippen LogP contribution in [-0.4, -0.2) is 65.2 Å². The van der Waals surface area contributed by atoms with Crippen molar-refractivity contribution in [1.82, 2.24) is 9.88 Å². The average molecular weight is 526 g/mol. The molecule has 8 heteroatoms. The number of unbranched alkanes of at least 4 members (excludes halogenated alkanes) is 7. The Labute approximate surface area is 222 Å². The van der Waals surface area contributed by atoms with E-state index in [4.69, 9.17) is 9.84 Å². The molecule has 1 aromatic heterocycles. The Morgan fingerprint density at radius 2 is 1.62 bits per heavy atom. The van der Waals surface area contributed by atoms with Crippen molar-refractivity contribution < 1.29 is 23.4 Å². The van der Waals surface area contributed by atoms with E-state index in [1.807, 2.05) is 0 Å². The molecule has 2 fully saturated rings. The molecule has 0 atom stereocenters. The van der Waals surface area contributed by atoms with E-state index in [2.05, 4.69) is 44.5 Å². The number of rotatable bonds is 16. The third-order valence-electron chi connectivity index (χ3n) is 6.99. The number of ether oxygens (including phenoxy) is 1. The number of carbonyl (C=O) groups is 1. The van der Waals surface area contributed by atoms with Gasteiger partial charge in [0.2, 0.25) is 5.88 Å². The predicted molar refractivity (Wildman–Crippen MR) is 146 cm³/mol. The molecule has 0 spiro atoms. The van der Waals surface area contributed by atoms with E-state index < -0.39 is 11.9 Å². The van der Waals surface area contributed by atoms with Crippen molar-refractivity contribution in [1.29, 1.82) is 0 Å². The summed E-state index contributed by atoms with van der Waals surface area (Å²) in [6.07, 6.45) is 13.5. The summed E-state index contributed by atoms with van der Waals surface area (Å²) in [6.45, 7) is 12.5. The molecule has 2 heterocycles. The van der Waals surface area contributed by atoms with E-state index in [-0.39, 0.29) is 24.7 Å². The van der Waals surface area contributed by atoms with Crippen molar-refractivity contribution in [3.8, 4) is 5.88 Å². The van der Waals surface area contributed by atoms with Gasteiger partial charge in [-0.15, -0.1) is 0 Å². The Bertz CT molecular complexity index is 800. The van der Waals surface area contributed by atoms with Gasteiger partial charge in [0.05, 0.1) is 19.7 Å². The van der Waals surface area contributed by atoms with Crippen molar-refractivity contribution in [2.45, 2.75) is 117 Å². The molecule has 1 aliphatic heterocycles. The van der Waals surface area contributed by atoms with Crippen LogP contribution in [0.25, 0.3) is 0 Å². The Kier molecular flexibility index (Phi) is 13.1. The Hall–Kier alpha value is -1.96. The summed E-state index contributed by atoms with van der Waals surface area (Å²) in [5.41, 5.74) is 0.286. The number of hydrogen-bond donors (Lipinski definition) is 1. The topological polar surface area (TPSA) is 65.9 Å². The van der Waals surface area contributed by atoms with Gasteiger partial charge >= 0.3 is 5.97 Å². The molecule has 1 saturated heterocycles. The van der Waals surface area contributed by atoms with Gasteiger partial charge in [-0.2, -0.15) is 0 Å². The minimum atomic E-state index is -2.70. The van der Waals surface area contributed by atoms with Crippen LogP contribution in [0.2, 0.25) is 0 Å². The van der Waals surface area contributed by atoms with E-state index >= 15 is 0 Å². The molecule has 1 aliphatic carbocycles. The molecule has 1 saturated carbocycles. The predicted octanol–water partition coefficient (Wildman–Crippen LogP) is 7.27. The SMILES string of the molecule is CCCCCCCCCCN(C(C)C)C(C)C.O=C(O)c1ccc(N2CC(F)(F)C2)c(OCC2CC2)n1. The van der Waals surface area contributed by atoms with E-state index in [1.54, 1.807) is 0 Å². The molecule has 0 amide bonds. The van der Waals surface area contributed by atoms with E-state index in [9.17, 15) is 13.6 Å². The minimum Gasteiger partial charge on any atom is -0.477 e. The van der Waals surface area contributed by atoms with Crippen molar-refractivity contribution in [3.63, 3.8) is 0 Å². The standard InChI is InChI=1S/C16H35N.C13H14F2N2O3/c1-6-7-8-9-10-11-12-13-14-17(15(2)3)16(4)5;14-13(15)6-17(7-13)10-4-3-9(12(18)19)16-11(10)20-5-8-1-2-8/h15-16H,6-14H2,1-5H3;3-4,8H,1-2,5-7H2,(H,18,19). The van der Waals surface area contributed by atoms with Crippen LogP contribution in [0.5, 0.6) is 5.88 Å². The molecule has 0 bridgehead atoms. The number of carboxylic acids is 1. The molecular weight excluding hydrogens is 476 g/mol. The van der Waals surface area contributed by atoms with Gasteiger partial charge < -0.3 is 14.7 Å². The molecule has 3 rings (SSSR count). The molecule has 6 nitrogen and oxygen atoms in total. The molecule has 1 aromatic rings. The third kappa shape index (κ3) is 11.5. The van der Waals surface area contributed by atoms with Gasteiger partial charge in [-0.1, -0.05) is 51.9 Å². The van der Waals surface area contributed by atoms with Crippen LogP contribution in [0.4, 0.5) is 14.5 Å². The second-order valence-corrected chi connectivity index (χ2v) is 11.2. The van der Waals surface area contributed by atoms with Crippen LogP contribution in [0.3, 0.4) is 0 Å². The molecule has 1 N–H and O–H groups in total. The fourth-order valence-electron chi connectivity index (χ4n) is 4.60. The summed E-state index contributed by atoms with van der Waals surface area (Å²) >= 11 is 0. The van der Waals surface area contributed by atoms with E-state index in [0.717, 1.165) is 12.8 Å². The first-order chi connectivity index (χ1) is 17.5. The van der Waals surface area contributed by atoms with E-state index in [0.29, 0.717) is 30.3 Å². The van der Waals surface area contributed by atoms with Gasteiger partial charge in [-0.05, 0) is 71.6 Å². The summed E-state index contributed by atoms with van der Waals surface area (Å²) in [7, 11) is 0. The summed E-state index contributed by atoms with van der Waals surface area (Å²) in [5.74, 6) is -3.26. The average Bonchev–Trinajstić information content (AvgIpc) is 3.64. The van der Waals surface area contributed by atoms with Gasteiger partial charge in [-0.25, -0.2) is 18.6 Å². The van der Waals surface area contributed by atoms with Crippen molar-refractivity contribution in [2.24, 2.45) is 5.92 Å². The first-order valence-corrected chi connectivity index (χ1v) is 14.3. The second kappa shape index (κ2) is 15.5. The molecule has 212 valence electrons. The normalized spacial score (nSPS) is 16.5.